The van der Waals surface area contributed by atoms with Gasteiger partial charge in [0.1, 0.15) is 0 Å². The quantitative estimate of drug-likeness (QED) is 0.195. The van der Waals surface area contributed by atoms with Crippen molar-refractivity contribution in [1.82, 2.24) is 4.57 Å². The van der Waals surface area contributed by atoms with Crippen molar-refractivity contribution in [3.63, 3.8) is 0 Å². The molecule has 6 aliphatic rings. The van der Waals surface area contributed by atoms with Crippen LogP contribution in [-0.4, -0.2) is 4.57 Å². The van der Waals surface area contributed by atoms with Crippen molar-refractivity contribution in [3.8, 4) is 17.5 Å². The molecule has 1 heterocycles. The Morgan fingerprint density at radius 1 is 0.860 bits per heavy atom. The molecule has 10 rings (SSSR count). The average Bonchev–Trinajstić information content (AvgIpc) is 3.63. The molecular formula is C49H45N. The van der Waals surface area contributed by atoms with Crippen molar-refractivity contribution in [3.05, 3.63) is 146 Å². The maximum Gasteiger partial charge on any atom is 0.0540 e. The predicted molar refractivity (Wildman–Crippen MR) is 210 cm³/mol. The van der Waals surface area contributed by atoms with Gasteiger partial charge >= 0.3 is 0 Å². The number of allylic oxidation sites excluding steroid dienone is 10. The summed E-state index contributed by atoms with van der Waals surface area (Å²) >= 11 is 0. The summed E-state index contributed by atoms with van der Waals surface area (Å²) in [5.41, 5.74) is 16.9. The molecule has 1 nitrogen and oxygen atoms in total. The molecule has 1 spiro atoms. The molecule has 0 bridgehead atoms. The number of rotatable bonds is 3. The van der Waals surface area contributed by atoms with Crippen molar-refractivity contribution in [1.29, 1.82) is 0 Å². The zero-order valence-electron chi connectivity index (χ0n) is 29.7. The first-order valence-corrected chi connectivity index (χ1v) is 19.1. The molecule has 0 radical (unpaired) electrons. The van der Waals surface area contributed by atoms with Gasteiger partial charge in [-0.15, -0.1) is 0 Å². The normalized spacial score (nSPS) is 26.5. The van der Waals surface area contributed by atoms with Gasteiger partial charge in [-0.2, -0.15) is 0 Å². The number of aromatic nitrogens is 1. The van der Waals surface area contributed by atoms with Crippen LogP contribution in [0, 0.1) is 29.6 Å². The van der Waals surface area contributed by atoms with Crippen LogP contribution in [0.1, 0.15) is 88.8 Å². The second-order valence-electron chi connectivity index (χ2n) is 15.8. The van der Waals surface area contributed by atoms with E-state index < -0.39 is 0 Å². The van der Waals surface area contributed by atoms with Crippen LogP contribution >= 0.6 is 0 Å². The van der Waals surface area contributed by atoms with E-state index in [1.54, 1.807) is 16.7 Å². The minimum Gasteiger partial charge on any atom is -0.310 e. The van der Waals surface area contributed by atoms with E-state index in [0.717, 1.165) is 38.0 Å². The lowest BCUT2D eigenvalue weighted by Crippen LogP contribution is -2.39. The molecule has 1 fully saturated rings. The Bertz CT molecular complexity index is 2470. The van der Waals surface area contributed by atoms with Gasteiger partial charge in [0, 0.05) is 33.6 Å². The van der Waals surface area contributed by atoms with Gasteiger partial charge in [-0.1, -0.05) is 121 Å². The summed E-state index contributed by atoms with van der Waals surface area (Å²) in [6.07, 6.45) is 21.5. The lowest BCUT2D eigenvalue weighted by molar-refractivity contribution is 0.186. The molecule has 0 saturated heterocycles. The van der Waals surface area contributed by atoms with Gasteiger partial charge in [-0.3, -0.25) is 0 Å². The fourth-order valence-electron chi connectivity index (χ4n) is 11.0. The highest BCUT2D eigenvalue weighted by Crippen LogP contribution is 2.68. The van der Waals surface area contributed by atoms with E-state index >= 15 is 0 Å². The van der Waals surface area contributed by atoms with Crippen LogP contribution in [0.15, 0.2) is 119 Å². The predicted octanol–water partition coefficient (Wildman–Crippen LogP) is 10.5. The average molecular weight is 648 g/mol. The first-order valence-electron chi connectivity index (χ1n) is 19.1. The molecule has 0 aliphatic heterocycles. The van der Waals surface area contributed by atoms with Crippen molar-refractivity contribution in [2.24, 2.45) is 17.8 Å². The fourth-order valence-corrected chi connectivity index (χ4v) is 11.0. The van der Waals surface area contributed by atoms with Crippen LogP contribution in [0.4, 0.5) is 0 Å². The summed E-state index contributed by atoms with van der Waals surface area (Å²) in [6.45, 7) is 7.38. The van der Waals surface area contributed by atoms with E-state index in [2.05, 4.69) is 140 Å². The van der Waals surface area contributed by atoms with Gasteiger partial charge < -0.3 is 4.57 Å². The van der Waals surface area contributed by atoms with Crippen molar-refractivity contribution < 1.29 is 0 Å². The minimum absolute atomic E-state index is 0.173. The number of hydrogen-bond acceptors (Lipinski definition) is 0. The zero-order valence-corrected chi connectivity index (χ0v) is 29.7. The van der Waals surface area contributed by atoms with Crippen LogP contribution in [0.2, 0.25) is 0 Å². The Labute approximate surface area is 296 Å². The number of benzene rings is 3. The van der Waals surface area contributed by atoms with Crippen molar-refractivity contribution in [2.45, 2.75) is 77.6 Å². The molecule has 1 saturated carbocycles. The first-order chi connectivity index (χ1) is 24.6. The molecular weight excluding hydrogens is 603 g/mol. The topological polar surface area (TPSA) is 4.93 Å². The van der Waals surface area contributed by atoms with Crippen LogP contribution in [0.5, 0.6) is 0 Å². The molecule has 4 unspecified atom stereocenters. The Kier molecular flexibility index (Phi) is 6.83. The van der Waals surface area contributed by atoms with Gasteiger partial charge in [0.2, 0.25) is 0 Å². The molecule has 50 heavy (non-hydrogen) atoms. The largest absolute Gasteiger partial charge is 0.310 e. The highest BCUT2D eigenvalue weighted by molar-refractivity contribution is 5.97. The zero-order chi connectivity index (χ0) is 33.6. The maximum absolute atomic E-state index is 3.80. The van der Waals surface area contributed by atoms with Crippen LogP contribution in [0.3, 0.4) is 0 Å². The second-order valence-corrected chi connectivity index (χ2v) is 15.8. The molecule has 0 amide bonds. The van der Waals surface area contributed by atoms with E-state index in [4.69, 9.17) is 0 Å². The van der Waals surface area contributed by atoms with Crippen LogP contribution < -0.4 is 10.6 Å². The molecule has 0 N–H and O–H groups in total. The van der Waals surface area contributed by atoms with Gasteiger partial charge in [0.15, 0.2) is 0 Å². The molecule has 1 heteroatoms. The van der Waals surface area contributed by atoms with E-state index in [1.165, 1.54) is 85.4 Å². The van der Waals surface area contributed by atoms with Gasteiger partial charge in [0.05, 0.1) is 10.9 Å². The van der Waals surface area contributed by atoms with Crippen LogP contribution in [0.25, 0.3) is 39.9 Å². The van der Waals surface area contributed by atoms with E-state index in [0.29, 0.717) is 11.8 Å². The highest BCUT2D eigenvalue weighted by atomic mass is 15.0. The maximum atomic E-state index is 3.80. The molecule has 6 aliphatic carbocycles. The van der Waals surface area contributed by atoms with E-state index in [-0.39, 0.29) is 5.41 Å². The molecule has 3 aromatic carbocycles. The molecule has 1 aromatic heterocycles. The lowest BCUT2D eigenvalue weighted by Gasteiger charge is -2.44. The third-order valence-corrected chi connectivity index (χ3v) is 13.1. The summed E-state index contributed by atoms with van der Waals surface area (Å²) in [6, 6.07) is 27.6. The number of hydrogen-bond donors (Lipinski definition) is 0. The standard InChI is InChI=1S/C49H45N/c1-31-23-28-38-33(3)48(37-15-5-4-13-32(37)2)49(44(38)29-31)43-20-9-6-16-39(43)40-19-12-14-35(30-45(40)49)34-24-26-36(27-25-34)50-46-21-10-7-17-41(46)42-18-8-11-22-47(42)50/h5-7,9-10,15-18,20-22,24-27,30-31,38,44H,4,8,11,13-14,23,28-29H2,1-3H3. The summed E-state index contributed by atoms with van der Waals surface area (Å²) < 4.78 is 2.46. The second kappa shape index (κ2) is 11.4. The Morgan fingerprint density at radius 3 is 2.56 bits per heavy atom. The van der Waals surface area contributed by atoms with E-state index in [1.807, 2.05) is 0 Å². The summed E-state index contributed by atoms with van der Waals surface area (Å²) in [4.78, 5) is 0. The first kappa shape index (κ1) is 30.1. The molecule has 4 atom stereocenters. The lowest BCUT2D eigenvalue weighted by atomic mass is 9.58. The Balaban J connectivity index is 1.16. The highest BCUT2D eigenvalue weighted by Gasteiger charge is 2.60. The van der Waals surface area contributed by atoms with Crippen LogP contribution in [-0.2, 0) is 5.41 Å². The number of fused-ring (bicyclic) bond motifs is 9. The third-order valence-electron chi connectivity index (χ3n) is 13.1. The van der Waals surface area contributed by atoms with Crippen molar-refractivity contribution >= 4 is 34.2 Å². The van der Waals surface area contributed by atoms with Gasteiger partial charge in [0.25, 0.3) is 0 Å². The number of para-hydroxylation sites is 1. The summed E-state index contributed by atoms with van der Waals surface area (Å²) in [5, 5.41) is 4.06. The van der Waals surface area contributed by atoms with Crippen molar-refractivity contribution in [2.75, 3.05) is 0 Å². The van der Waals surface area contributed by atoms with E-state index in [9.17, 15) is 0 Å². The monoisotopic (exact) mass is 647 g/mol. The Hall–Kier alpha value is -4.80. The third kappa shape index (κ3) is 4.15. The molecule has 4 aromatic rings. The van der Waals surface area contributed by atoms with Gasteiger partial charge in [-0.25, -0.2) is 0 Å². The minimum atomic E-state index is -0.173. The number of nitrogens with zero attached hydrogens (tertiary/aromatic N) is 1. The fraction of sp³-hybridized carbons (Fsp3) is 0.306. The SMILES string of the molecule is CC1=C(C2=C(C)C3CCC(C)CC3C23C2=C(C#CCC(c4ccc(-n5c6c(c7ccccc75)=CCCC=6)cc4)=C2)c2ccccc23)C=CCC1. The Morgan fingerprint density at radius 2 is 1.68 bits per heavy atom. The summed E-state index contributed by atoms with van der Waals surface area (Å²) in [7, 11) is 0. The smallest absolute Gasteiger partial charge is 0.0540 e. The molecule has 246 valence electrons. The van der Waals surface area contributed by atoms with Gasteiger partial charge in [-0.05, 0) is 127 Å². The summed E-state index contributed by atoms with van der Waals surface area (Å²) in [5.74, 6) is 9.38.